The molecule has 8 N–H and O–H groups in total. The zero-order valence-electron chi connectivity index (χ0n) is 13.6. The van der Waals surface area contributed by atoms with Crippen LogP contribution in [0.1, 0.15) is 34.6 Å². The summed E-state index contributed by atoms with van der Waals surface area (Å²) in [5.41, 5.74) is 9.95. The maximum atomic E-state index is 11.2. The molecule has 0 atom stereocenters. The molecule has 0 saturated carbocycles. The molecule has 0 saturated heterocycles. The molecule has 1 aromatic rings. The van der Waals surface area contributed by atoms with Crippen LogP contribution in [0.4, 0.5) is 10.5 Å². The van der Waals surface area contributed by atoms with E-state index >= 15 is 0 Å². The largest absolute Gasteiger partial charge is 0.394 e. The number of carbonyl (C=O) groups is 3. The molecular weight excluding hydrogens is 318 g/mol. The van der Waals surface area contributed by atoms with Crippen LogP contribution in [0.5, 0.6) is 0 Å². The van der Waals surface area contributed by atoms with E-state index in [2.05, 4.69) is 5.32 Å². The van der Waals surface area contributed by atoms with Crippen LogP contribution in [-0.2, 0) is 0 Å². The Morgan fingerprint density at radius 2 is 1.33 bits per heavy atom. The maximum absolute atomic E-state index is 11.2. The van der Waals surface area contributed by atoms with Crippen molar-refractivity contribution < 1.29 is 29.7 Å². The summed E-state index contributed by atoms with van der Waals surface area (Å²) in [4.78, 5) is 33.1. The lowest BCUT2D eigenvalue weighted by Crippen LogP contribution is -2.50. The van der Waals surface area contributed by atoms with E-state index in [0.717, 1.165) is 0 Å². The molecule has 0 aliphatic heterocycles. The molecule has 0 aliphatic carbocycles. The fourth-order valence-electron chi connectivity index (χ4n) is 1.40. The number of nitrogens with two attached hydrogens (primary N) is 2. The van der Waals surface area contributed by atoms with Crippen molar-refractivity contribution in [2.45, 2.75) is 19.4 Å². The summed E-state index contributed by atoms with van der Waals surface area (Å²) in [5, 5.41) is 27.4. The predicted molar refractivity (Wildman–Crippen MR) is 87.8 cm³/mol. The molecule has 0 aliphatic rings. The number of hydrogen-bond donors (Lipinski definition) is 6. The molecule has 1 rings (SSSR count). The van der Waals surface area contributed by atoms with Gasteiger partial charge in [-0.05, 0) is 32.0 Å². The van der Waals surface area contributed by atoms with Crippen LogP contribution in [-0.4, -0.2) is 58.3 Å². The Bertz CT molecular complexity index is 558. The van der Waals surface area contributed by atoms with Crippen molar-refractivity contribution in [1.29, 1.82) is 0 Å². The smallest absolute Gasteiger partial charge is 0.316 e. The minimum absolute atomic E-state index is 0.185. The SMILES string of the molecule is CC(=O)c1cc(NC(N)=O)cc(C(C)=O)c1.NC(CO)(CO)CO. The number of primary amides is 1. The first-order valence-electron chi connectivity index (χ1n) is 6.93. The van der Waals surface area contributed by atoms with Crippen LogP contribution < -0.4 is 16.8 Å². The number of nitrogens with one attached hydrogen (secondary N) is 1. The van der Waals surface area contributed by atoms with Crippen molar-refractivity contribution in [3.05, 3.63) is 29.3 Å². The van der Waals surface area contributed by atoms with Gasteiger partial charge in [0.25, 0.3) is 0 Å². The van der Waals surface area contributed by atoms with E-state index in [1.54, 1.807) is 0 Å². The molecule has 0 heterocycles. The average molecular weight is 341 g/mol. The number of aliphatic hydroxyl groups excluding tert-OH is 3. The Hall–Kier alpha value is -2.33. The monoisotopic (exact) mass is 341 g/mol. The lowest BCUT2D eigenvalue weighted by molar-refractivity contribution is 0.0697. The quantitative estimate of drug-likeness (QED) is 0.368. The number of carbonyl (C=O) groups excluding carboxylic acids is 3. The highest BCUT2D eigenvalue weighted by atomic mass is 16.3. The zero-order chi connectivity index (χ0) is 18.9. The summed E-state index contributed by atoms with van der Waals surface area (Å²) in [7, 11) is 0. The summed E-state index contributed by atoms with van der Waals surface area (Å²) in [5.74, 6) is -0.369. The van der Waals surface area contributed by atoms with Gasteiger partial charge in [-0.2, -0.15) is 0 Å². The topological polar surface area (TPSA) is 176 Å². The Labute approximate surface area is 139 Å². The second-order valence-corrected chi connectivity index (χ2v) is 5.24. The van der Waals surface area contributed by atoms with Gasteiger partial charge in [0.15, 0.2) is 11.6 Å². The van der Waals surface area contributed by atoms with Crippen LogP contribution in [0.2, 0.25) is 0 Å². The van der Waals surface area contributed by atoms with Crippen LogP contribution >= 0.6 is 0 Å². The second-order valence-electron chi connectivity index (χ2n) is 5.24. The second kappa shape index (κ2) is 9.73. The van der Waals surface area contributed by atoms with Gasteiger partial charge in [0.2, 0.25) is 0 Å². The van der Waals surface area contributed by atoms with Crippen molar-refractivity contribution in [2.24, 2.45) is 11.5 Å². The highest BCUT2D eigenvalue weighted by Gasteiger charge is 2.20. The van der Waals surface area contributed by atoms with E-state index in [4.69, 9.17) is 26.8 Å². The fraction of sp³-hybridized carbons (Fsp3) is 0.400. The van der Waals surface area contributed by atoms with Gasteiger partial charge in [0.1, 0.15) is 0 Å². The molecule has 2 amide bonds. The molecule has 0 fully saturated rings. The lowest BCUT2D eigenvalue weighted by atomic mass is 10.0. The van der Waals surface area contributed by atoms with Crippen molar-refractivity contribution in [1.82, 2.24) is 0 Å². The number of rotatable bonds is 6. The molecule has 9 heteroatoms. The number of urea groups is 1. The Morgan fingerprint density at radius 1 is 0.958 bits per heavy atom. The van der Waals surface area contributed by atoms with Gasteiger partial charge in [0.05, 0.1) is 25.4 Å². The van der Waals surface area contributed by atoms with Gasteiger partial charge in [0, 0.05) is 16.8 Å². The molecule has 0 bridgehead atoms. The Balaban J connectivity index is 0.000000561. The fourth-order valence-corrected chi connectivity index (χ4v) is 1.40. The first-order valence-corrected chi connectivity index (χ1v) is 6.93. The standard InChI is InChI=1S/C11H12N2O3.C4H11NO3/c1-6(14)8-3-9(7(2)15)5-10(4-8)13-11(12)16;5-4(1-6,2-7)3-8/h3-5H,1-2H3,(H3,12,13,16);6-8H,1-3,5H2. The number of Topliss-reactive ketones (excluding diaryl/α,β-unsaturated/α-hetero) is 2. The van der Waals surface area contributed by atoms with Gasteiger partial charge in [-0.25, -0.2) is 4.79 Å². The van der Waals surface area contributed by atoms with E-state index in [9.17, 15) is 14.4 Å². The van der Waals surface area contributed by atoms with Crippen LogP contribution in [0, 0.1) is 0 Å². The molecular formula is C15H23N3O6. The van der Waals surface area contributed by atoms with Crippen LogP contribution in [0.25, 0.3) is 0 Å². The summed E-state index contributed by atoms with van der Waals surface area (Å²) in [6.07, 6.45) is 0. The molecule has 134 valence electrons. The van der Waals surface area contributed by atoms with Crippen molar-refractivity contribution in [2.75, 3.05) is 25.1 Å². The Morgan fingerprint density at radius 3 is 1.54 bits per heavy atom. The number of hydrogen-bond acceptors (Lipinski definition) is 7. The normalized spacial score (nSPS) is 10.4. The minimum Gasteiger partial charge on any atom is -0.394 e. The average Bonchev–Trinajstić information content (AvgIpc) is 2.53. The van der Waals surface area contributed by atoms with Gasteiger partial charge >= 0.3 is 6.03 Å². The van der Waals surface area contributed by atoms with Crippen LogP contribution in [0.15, 0.2) is 18.2 Å². The van der Waals surface area contributed by atoms with Gasteiger partial charge in [-0.15, -0.1) is 0 Å². The Kier molecular flexibility index (Phi) is 8.78. The van der Waals surface area contributed by atoms with Crippen molar-refractivity contribution >= 4 is 23.3 Å². The molecule has 9 nitrogen and oxygen atoms in total. The molecule has 0 spiro atoms. The summed E-state index contributed by atoms with van der Waals surface area (Å²) < 4.78 is 0. The number of benzene rings is 1. The number of amides is 2. The summed E-state index contributed by atoms with van der Waals surface area (Å²) in [6.45, 7) is 1.56. The maximum Gasteiger partial charge on any atom is 0.316 e. The molecule has 1 aromatic carbocycles. The number of aliphatic hydroxyl groups is 3. The van der Waals surface area contributed by atoms with E-state index < -0.39 is 31.4 Å². The predicted octanol–water partition coefficient (Wildman–Crippen LogP) is -0.757. The minimum atomic E-state index is -1.21. The van der Waals surface area contributed by atoms with E-state index in [1.165, 1.54) is 32.0 Å². The first kappa shape index (κ1) is 21.7. The third kappa shape index (κ3) is 7.29. The molecule has 24 heavy (non-hydrogen) atoms. The van der Waals surface area contributed by atoms with Gasteiger partial charge in [-0.3, -0.25) is 9.59 Å². The number of ketones is 2. The molecule has 0 unspecified atom stereocenters. The third-order valence-corrected chi connectivity index (χ3v) is 2.96. The first-order chi connectivity index (χ1) is 11.1. The van der Waals surface area contributed by atoms with Gasteiger partial charge in [-0.1, -0.05) is 0 Å². The summed E-state index contributed by atoms with van der Waals surface area (Å²) in [6, 6.07) is 3.69. The zero-order valence-corrected chi connectivity index (χ0v) is 13.6. The van der Waals surface area contributed by atoms with E-state index in [-0.39, 0.29) is 11.6 Å². The summed E-state index contributed by atoms with van der Waals surface area (Å²) >= 11 is 0. The number of anilines is 1. The third-order valence-electron chi connectivity index (χ3n) is 2.96. The highest BCUT2D eigenvalue weighted by Crippen LogP contribution is 2.16. The lowest BCUT2D eigenvalue weighted by Gasteiger charge is -2.20. The molecule has 0 aromatic heterocycles. The molecule has 0 radical (unpaired) electrons. The van der Waals surface area contributed by atoms with Crippen molar-refractivity contribution in [3.63, 3.8) is 0 Å². The van der Waals surface area contributed by atoms with E-state index in [1.807, 2.05) is 0 Å². The van der Waals surface area contributed by atoms with E-state index in [0.29, 0.717) is 16.8 Å². The van der Waals surface area contributed by atoms with Gasteiger partial charge < -0.3 is 32.1 Å². The van der Waals surface area contributed by atoms with Crippen molar-refractivity contribution in [3.8, 4) is 0 Å². The van der Waals surface area contributed by atoms with Crippen LogP contribution in [0.3, 0.4) is 0 Å². The highest BCUT2D eigenvalue weighted by molar-refractivity contribution is 6.02.